The van der Waals surface area contributed by atoms with E-state index in [4.69, 9.17) is 14.2 Å². The largest absolute Gasteiger partial charge is 0.462 e. The number of unbranched alkanes of at least 4 members (excludes halogenated alkanes) is 12. The maximum Gasteiger partial charge on any atom is 0.306 e. The van der Waals surface area contributed by atoms with Crippen LogP contribution in [0.1, 0.15) is 188 Å². The highest BCUT2D eigenvalue weighted by Crippen LogP contribution is 2.12. The Hall–Kier alpha value is -3.67. The number of rotatable bonds is 39. The smallest absolute Gasteiger partial charge is 0.306 e. The minimum absolute atomic E-state index is 0.112. The summed E-state index contributed by atoms with van der Waals surface area (Å²) in [6.45, 7) is 6.26. The third kappa shape index (κ3) is 43.3. The van der Waals surface area contributed by atoms with Gasteiger partial charge in [0.05, 0.1) is 0 Å². The van der Waals surface area contributed by atoms with E-state index in [2.05, 4.69) is 106 Å². The molecule has 0 radical (unpaired) electrons. The zero-order valence-corrected chi connectivity index (χ0v) is 36.6. The van der Waals surface area contributed by atoms with E-state index in [1.165, 1.54) is 38.5 Å². The SMILES string of the molecule is CC/C=C\C/C=C\C/C=C\C/C=C\CCCCCCCCC(=O)OCC(COC(=O)CCCCCCCCC)OC(=O)CC/C=C\C/C=C\C/C=C\C/C=C\CC. The summed E-state index contributed by atoms with van der Waals surface area (Å²) >= 11 is 0. The Labute approximate surface area is 349 Å². The van der Waals surface area contributed by atoms with Crippen LogP contribution >= 0.6 is 0 Å². The van der Waals surface area contributed by atoms with Crippen LogP contribution < -0.4 is 0 Å². The predicted octanol–water partition coefficient (Wildman–Crippen LogP) is 14.6. The van der Waals surface area contributed by atoms with E-state index in [-0.39, 0.29) is 31.6 Å². The molecule has 1 unspecified atom stereocenters. The van der Waals surface area contributed by atoms with Crippen molar-refractivity contribution in [3.8, 4) is 0 Å². The third-order valence-electron chi connectivity index (χ3n) is 9.10. The van der Waals surface area contributed by atoms with Crippen LogP contribution in [0.5, 0.6) is 0 Å². The maximum absolute atomic E-state index is 12.7. The van der Waals surface area contributed by atoms with Crippen molar-refractivity contribution in [2.24, 2.45) is 0 Å². The zero-order valence-electron chi connectivity index (χ0n) is 36.6. The van der Waals surface area contributed by atoms with Crippen LogP contribution in [-0.2, 0) is 28.6 Å². The van der Waals surface area contributed by atoms with Crippen LogP contribution in [0, 0.1) is 0 Å². The molecule has 6 nitrogen and oxygen atoms in total. The second-order valence-electron chi connectivity index (χ2n) is 14.5. The molecule has 0 amide bonds. The molecule has 0 heterocycles. The van der Waals surface area contributed by atoms with E-state index in [9.17, 15) is 14.4 Å². The summed E-state index contributed by atoms with van der Waals surface area (Å²) in [5, 5.41) is 0. The Morgan fingerprint density at radius 2 is 0.719 bits per heavy atom. The number of carbonyl (C=O) groups excluding carboxylic acids is 3. The quantitative estimate of drug-likeness (QED) is 0.0267. The van der Waals surface area contributed by atoms with E-state index in [0.29, 0.717) is 19.3 Å². The molecule has 0 saturated heterocycles. The Morgan fingerprint density at radius 1 is 0.368 bits per heavy atom. The molecule has 0 aliphatic rings. The van der Waals surface area contributed by atoms with Crippen LogP contribution in [-0.4, -0.2) is 37.2 Å². The molecule has 0 aromatic rings. The van der Waals surface area contributed by atoms with Crippen molar-refractivity contribution in [1.29, 1.82) is 0 Å². The summed E-state index contributed by atoms with van der Waals surface area (Å²) in [5.74, 6) is -1.03. The number of ether oxygens (including phenoxy) is 3. The van der Waals surface area contributed by atoms with Gasteiger partial charge in [-0.2, -0.15) is 0 Å². The lowest BCUT2D eigenvalue weighted by molar-refractivity contribution is -0.166. The minimum atomic E-state index is -0.818. The fraction of sp³-hybridized carbons (Fsp3) is 0.627. The topological polar surface area (TPSA) is 78.9 Å². The van der Waals surface area contributed by atoms with Gasteiger partial charge in [-0.1, -0.05) is 182 Å². The van der Waals surface area contributed by atoms with Crippen molar-refractivity contribution < 1.29 is 28.6 Å². The van der Waals surface area contributed by atoms with Gasteiger partial charge in [0.15, 0.2) is 6.10 Å². The van der Waals surface area contributed by atoms with Crippen LogP contribution in [0.15, 0.2) is 97.2 Å². The molecule has 57 heavy (non-hydrogen) atoms. The summed E-state index contributed by atoms with van der Waals surface area (Å²) in [6, 6.07) is 0. The molecule has 1 atom stereocenters. The van der Waals surface area contributed by atoms with E-state index in [1.807, 2.05) is 12.2 Å². The highest BCUT2D eigenvalue weighted by Gasteiger charge is 2.19. The van der Waals surface area contributed by atoms with Crippen molar-refractivity contribution in [2.75, 3.05) is 13.2 Å². The Morgan fingerprint density at radius 3 is 1.14 bits per heavy atom. The van der Waals surface area contributed by atoms with Crippen molar-refractivity contribution >= 4 is 17.9 Å². The number of hydrogen-bond acceptors (Lipinski definition) is 6. The number of allylic oxidation sites excluding steroid dienone is 16. The molecular formula is C51H82O6. The van der Waals surface area contributed by atoms with Crippen molar-refractivity contribution in [3.63, 3.8) is 0 Å². The molecule has 322 valence electrons. The Bertz CT molecular complexity index is 1180. The molecule has 0 aliphatic carbocycles. The lowest BCUT2D eigenvalue weighted by Crippen LogP contribution is -2.30. The maximum atomic E-state index is 12.7. The molecule has 0 aromatic heterocycles. The monoisotopic (exact) mass is 791 g/mol. The second-order valence-corrected chi connectivity index (χ2v) is 14.5. The van der Waals surface area contributed by atoms with E-state index in [1.54, 1.807) is 0 Å². The highest BCUT2D eigenvalue weighted by atomic mass is 16.6. The van der Waals surface area contributed by atoms with Crippen LogP contribution in [0.25, 0.3) is 0 Å². The number of esters is 3. The normalized spacial score (nSPS) is 13.0. The van der Waals surface area contributed by atoms with Crippen LogP contribution in [0.2, 0.25) is 0 Å². The summed E-state index contributed by atoms with van der Waals surface area (Å²) in [5.41, 5.74) is 0. The molecule has 0 aliphatic heterocycles. The van der Waals surface area contributed by atoms with Gasteiger partial charge in [0, 0.05) is 19.3 Å². The number of carbonyl (C=O) groups is 3. The Kier molecular flexibility index (Phi) is 42.1. The number of hydrogen-bond donors (Lipinski definition) is 0. The summed E-state index contributed by atoms with van der Waals surface area (Å²) in [7, 11) is 0. The zero-order chi connectivity index (χ0) is 41.5. The first kappa shape index (κ1) is 53.3. The van der Waals surface area contributed by atoms with E-state index in [0.717, 1.165) is 103 Å². The van der Waals surface area contributed by atoms with Gasteiger partial charge >= 0.3 is 17.9 Å². The van der Waals surface area contributed by atoms with Gasteiger partial charge in [-0.3, -0.25) is 14.4 Å². The molecule has 0 spiro atoms. The van der Waals surface area contributed by atoms with Gasteiger partial charge in [0.1, 0.15) is 13.2 Å². The molecule has 6 heteroatoms. The third-order valence-corrected chi connectivity index (χ3v) is 9.10. The second kappa shape index (κ2) is 45.0. The first-order valence-corrected chi connectivity index (χ1v) is 22.7. The van der Waals surface area contributed by atoms with Gasteiger partial charge < -0.3 is 14.2 Å². The Balaban J connectivity index is 4.41. The van der Waals surface area contributed by atoms with E-state index >= 15 is 0 Å². The highest BCUT2D eigenvalue weighted by molar-refractivity contribution is 5.71. The molecule has 0 N–H and O–H groups in total. The average molecular weight is 791 g/mol. The van der Waals surface area contributed by atoms with Crippen molar-refractivity contribution in [2.45, 2.75) is 194 Å². The summed E-state index contributed by atoms with van der Waals surface area (Å²) in [4.78, 5) is 37.6. The van der Waals surface area contributed by atoms with Gasteiger partial charge in [-0.25, -0.2) is 0 Å². The lowest BCUT2D eigenvalue weighted by atomic mass is 10.1. The van der Waals surface area contributed by atoms with E-state index < -0.39 is 12.1 Å². The summed E-state index contributed by atoms with van der Waals surface area (Å²) in [6.07, 6.45) is 58.5. The fourth-order valence-corrected chi connectivity index (χ4v) is 5.74. The van der Waals surface area contributed by atoms with Gasteiger partial charge in [-0.05, 0) is 83.5 Å². The molecule has 0 bridgehead atoms. The van der Waals surface area contributed by atoms with Crippen LogP contribution in [0.3, 0.4) is 0 Å². The van der Waals surface area contributed by atoms with Gasteiger partial charge in [0.2, 0.25) is 0 Å². The minimum Gasteiger partial charge on any atom is -0.462 e. The first-order chi connectivity index (χ1) is 28.0. The van der Waals surface area contributed by atoms with Gasteiger partial charge in [0.25, 0.3) is 0 Å². The van der Waals surface area contributed by atoms with Crippen molar-refractivity contribution in [3.05, 3.63) is 97.2 Å². The predicted molar refractivity (Wildman–Crippen MR) is 242 cm³/mol. The van der Waals surface area contributed by atoms with Crippen molar-refractivity contribution in [1.82, 2.24) is 0 Å². The standard InChI is InChI=1S/C51H82O6/c1-4-7-10-13-16-18-20-22-23-24-25-26-27-29-30-32-35-38-41-44-50(53)56-47-48(46-55-49(52)43-40-37-34-15-12-9-6-3)57-51(54)45-42-39-36-33-31-28-21-19-17-14-11-8-5-2/h7-8,10-11,16-19,22-23,25-26,28,31,36,39,48H,4-6,9,12-15,20-21,24,27,29-30,32-35,37-38,40-47H2,1-3H3/b10-7-,11-8-,18-16-,19-17-,23-22-,26-25-,31-28-,39-36-. The lowest BCUT2D eigenvalue weighted by Gasteiger charge is -2.18. The van der Waals surface area contributed by atoms with Gasteiger partial charge in [-0.15, -0.1) is 0 Å². The fourth-order valence-electron chi connectivity index (χ4n) is 5.74. The van der Waals surface area contributed by atoms with Crippen LogP contribution in [0.4, 0.5) is 0 Å². The summed E-state index contributed by atoms with van der Waals surface area (Å²) < 4.78 is 16.6. The first-order valence-electron chi connectivity index (χ1n) is 22.7. The molecule has 0 saturated carbocycles. The molecular weight excluding hydrogens is 709 g/mol. The molecule has 0 aromatic carbocycles. The average Bonchev–Trinajstić information content (AvgIpc) is 3.21. The molecule has 0 rings (SSSR count). The molecule has 0 fully saturated rings.